The number of hydrogen-bond acceptors (Lipinski definition) is 5. The zero-order valence-corrected chi connectivity index (χ0v) is 20.9. The van der Waals surface area contributed by atoms with Crippen molar-refractivity contribution >= 4 is 17.6 Å². The highest BCUT2D eigenvalue weighted by Gasteiger charge is 2.23. The maximum Gasteiger partial charge on any atom is 0.341 e. The smallest absolute Gasteiger partial charge is 0.341 e. The van der Waals surface area contributed by atoms with Crippen LogP contribution in [-0.4, -0.2) is 38.7 Å². The van der Waals surface area contributed by atoms with Crippen LogP contribution in [-0.2, 0) is 16.0 Å². The molecule has 1 aliphatic heterocycles. The number of benzene rings is 2. The molecule has 1 fully saturated rings. The Morgan fingerprint density at radius 1 is 1.06 bits per heavy atom. The number of rotatable bonds is 10. The van der Waals surface area contributed by atoms with Gasteiger partial charge in [0.15, 0.2) is 0 Å². The van der Waals surface area contributed by atoms with E-state index < -0.39 is 5.97 Å². The molecule has 1 heterocycles. The highest BCUT2D eigenvalue weighted by molar-refractivity contribution is 5.92. The maximum absolute atomic E-state index is 13.2. The van der Waals surface area contributed by atoms with Gasteiger partial charge in [-0.3, -0.25) is 4.79 Å². The van der Waals surface area contributed by atoms with Crippen LogP contribution in [0.1, 0.15) is 74.0 Å². The van der Waals surface area contributed by atoms with Gasteiger partial charge in [-0.25, -0.2) is 4.79 Å². The number of piperidine rings is 1. The predicted molar refractivity (Wildman–Crippen MR) is 135 cm³/mol. The fraction of sp³-hybridized carbons (Fsp3) is 0.500. The molecule has 184 valence electrons. The highest BCUT2D eigenvalue weighted by atomic mass is 16.5. The van der Waals surface area contributed by atoms with E-state index in [0.717, 1.165) is 25.1 Å². The quantitative estimate of drug-likeness (QED) is 0.481. The molecule has 1 amide bonds. The van der Waals surface area contributed by atoms with Crippen molar-refractivity contribution in [3.05, 3.63) is 59.2 Å². The molecular weight excluding hydrogens is 428 g/mol. The number of hydrogen-bond donors (Lipinski definition) is 1. The van der Waals surface area contributed by atoms with E-state index in [4.69, 9.17) is 9.47 Å². The number of methoxy groups -OCH3 is 1. The summed E-state index contributed by atoms with van der Waals surface area (Å²) in [5, 5.41) is 3.29. The van der Waals surface area contributed by atoms with Crippen LogP contribution < -0.4 is 15.0 Å². The Labute approximate surface area is 203 Å². The van der Waals surface area contributed by atoms with Crippen LogP contribution in [0.15, 0.2) is 42.5 Å². The largest absolute Gasteiger partial charge is 0.493 e. The van der Waals surface area contributed by atoms with Gasteiger partial charge < -0.3 is 19.7 Å². The predicted octanol–water partition coefficient (Wildman–Crippen LogP) is 5.31. The van der Waals surface area contributed by atoms with Crippen LogP contribution in [0.2, 0.25) is 0 Å². The first-order valence-electron chi connectivity index (χ1n) is 12.4. The lowest BCUT2D eigenvalue weighted by Crippen LogP contribution is -2.34. The van der Waals surface area contributed by atoms with Gasteiger partial charge in [-0.1, -0.05) is 38.1 Å². The Hall–Kier alpha value is -3.02. The van der Waals surface area contributed by atoms with Gasteiger partial charge in [-0.15, -0.1) is 0 Å². The van der Waals surface area contributed by atoms with Gasteiger partial charge in [-0.05, 0) is 67.9 Å². The van der Waals surface area contributed by atoms with E-state index in [1.807, 2.05) is 6.92 Å². The fourth-order valence-corrected chi connectivity index (χ4v) is 4.60. The summed E-state index contributed by atoms with van der Waals surface area (Å²) in [6.07, 6.45) is 4.77. The van der Waals surface area contributed by atoms with E-state index in [1.165, 1.54) is 37.6 Å². The number of para-hydroxylation sites is 1. The number of carbonyl (C=O) groups excluding carboxylic acids is 2. The summed E-state index contributed by atoms with van der Waals surface area (Å²) in [5.74, 6) is 0.371. The third-order valence-electron chi connectivity index (χ3n) is 6.17. The van der Waals surface area contributed by atoms with Crippen LogP contribution in [0.3, 0.4) is 0 Å². The zero-order chi connectivity index (χ0) is 24.5. The summed E-state index contributed by atoms with van der Waals surface area (Å²) < 4.78 is 10.5. The molecule has 1 aliphatic rings. The lowest BCUT2D eigenvalue weighted by atomic mass is 9.94. The summed E-state index contributed by atoms with van der Waals surface area (Å²) in [7, 11) is 1.34. The van der Waals surface area contributed by atoms with E-state index in [1.54, 1.807) is 18.2 Å². The Bertz CT molecular complexity index is 967. The molecule has 2 aromatic carbocycles. The molecule has 0 spiro atoms. The van der Waals surface area contributed by atoms with E-state index >= 15 is 0 Å². The number of nitrogens with one attached hydrogen (secondary N) is 1. The molecule has 3 rings (SSSR count). The van der Waals surface area contributed by atoms with Crippen molar-refractivity contribution in [1.82, 2.24) is 5.32 Å². The van der Waals surface area contributed by atoms with E-state index in [-0.39, 0.29) is 18.4 Å². The first-order valence-corrected chi connectivity index (χ1v) is 12.4. The molecule has 1 N–H and O–H groups in total. The van der Waals surface area contributed by atoms with E-state index in [0.29, 0.717) is 23.8 Å². The second-order valence-electron chi connectivity index (χ2n) is 9.29. The van der Waals surface area contributed by atoms with Crippen molar-refractivity contribution in [3.8, 4) is 5.75 Å². The highest BCUT2D eigenvalue weighted by Crippen LogP contribution is 2.32. The normalized spacial score (nSPS) is 14.6. The van der Waals surface area contributed by atoms with Gasteiger partial charge >= 0.3 is 5.97 Å². The van der Waals surface area contributed by atoms with Crippen LogP contribution in [0, 0.1) is 5.92 Å². The molecule has 1 saturated heterocycles. The van der Waals surface area contributed by atoms with Gasteiger partial charge in [0, 0.05) is 18.8 Å². The van der Waals surface area contributed by atoms with Gasteiger partial charge in [0.1, 0.15) is 11.3 Å². The topological polar surface area (TPSA) is 67.9 Å². The Morgan fingerprint density at radius 2 is 1.79 bits per heavy atom. The van der Waals surface area contributed by atoms with Crippen LogP contribution in [0.5, 0.6) is 5.75 Å². The average molecular weight is 467 g/mol. The SMILES string of the molecule is CCOc1cc(CC(=O)N[C@@H](CC(C)C)c2ccccc2N2CCCCC2)ccc1C(=O)OC. The van der Waals surface area contributed by atoms with E-state index in [9.17, 15) is 9.59 Å². The number of nitrogens with zero attached hydrogens (tertiary/aromatic N) is 1. The summed E-state index contributed by atoms with van der Waals surface area (Å²) in [6.45, 7) is 8.77. The number of ether oxygens (including phenoxy) is 2. The lowest BCUT2D eigenvalue weighted by molar-refractivity contribution is -0.121. The minimum absolute atomic E-state index is 0.0487. The first kappa shape index (κ1) is 25.6. The second-order valence-corrected chi connectivity index (χ2v) is 9.29. The third kappa shape index (κ3) is 6.75. The molecular formula is C28H38N2O4. The minimum Gasteiger partial charge on any atom is -0.493 e. The Balaban J connectivity index is 1.80. The van der Waals surface area contributed by atoms with Gasteiger partial charge in [-0.2, -0.15) is 0 Å². The number of anilines is 1. The summed E-state index contributed by atoms with van der Waals surface area (Å²) in [6, 6.07) is 13.6. The van der Waals surface area contributed by atoms with Crippen LogP contribution in [0.25, 0.3) is 0 Å². The molecule has 0 aromatic heterocycles. The Kier molecular flexibility index (Phi) is 9.37. The van der Waals surface area contributed by atoms with E-state index in [2.05, 4.69) is 48.3 Å². The third-order valence-corrected chi connectivity index (χ3v) is 6.17. The number of amides is 1. The number of carbonyl (C=O) groups is 2. The van der Waals surface area contributed by atoms with Crippen molar-refractivity contribution in [2.45, 2.75) is 58.9 Å². The molecule has 0 aliphatic carbocycles. The minimum atomic E-state index is -0.453. The van der Waals surface area contributed by atoms with Gasteiger partial charge in [0.05, 0.1) is 26.2 Å². The molecule has 0 unspecified atom stereocenters. The van der Waals surface area contributed by atoms with Crippen molar-refractivity contribution in [2.75, 3.05) is 31.7 Å². The molecule has 1 atom stereocenters. The van der Waals surface area contributed by atoms with Crippen molar-refractivity contribution in [3.63, 3.8) is 0 Å². The Morgan fingerprint density at radius 3 is 2.47 bits per heavy atom. The molecule has 2 aromatic rings. The molecule has 0 bridgehead atoms. The van der Waals surface area contributed by atoms with Crippen molar-refractivity contribution < 1.29 is 19.1 Å². The standard InChI is InChI=1S/C28H38N2O4/c1-5-34-26-18-21(13-14-23(26)28(32)33-4)19-27(31)29-24(17-20(2)3)22-11-7-8-12-25(22)30-15-9-6-10-16-30/h7-8,11-14,18,20,24H,5-6,9-10,15-17,19H2,1-4H3,(H,29,31)/t24-/m0/s1. The second kappa shape index (κ2) is 12.4. The van der Waals surface area contributed by atoms with Crippen LogP contribution in [0.4, 0.5) is 5.69 Å². The average Bonchev–Trinajstić information content (AvgIpc) is 2.84. The monoisotopic (exact) mass is 466 g/mol. The van der Waals surface area contributed by atoms with Gasteiger partial charge in [0.2, 0.25) is 5.91 Å². The molecule has 0 radical (unpaired) electrons. The van der Waals surface area contributed by atoms with Crippen molar-refractivity contribution in [1.29, 1.82) is 0 Å². The lowest BCUT2D eigenvalue weighted by Gasteiger charge is -2.33. The summed E-state index contributed by atoms with van der Waals surface area (Å²) in [4.78, 5) is 27.6. The molecule has 6 nitrogen and oxygen atoms in total. The van der Waals surface area contributed by atoms with Crippen LogP contribution >= 0.6 is 0 Å². The summed E-state index contributed by atoms with van der Waals surface area (Å²) >= 11 is 0. The van der Waals surface area contributed by atoms with Gasteiger partial charge in [0.25, 0.3) is 0 Å². The first-order chi connectivity index (χ1) is 16.4. The molecule has 34 heavy (non-hydrogen) atoms. The number of esters is 1. The molecule has 0 saturated carbocycles. The molecule has 6 heteroatoms. The maximum atomic E-state index is 13.2. The van der Waals surface area contributed by atoms with Crippen molar-refractivity contribution in [2.24, 2.45) is 5.92 Å². The fourth-order valence-electron chi connectivity index (χ4n) is 4.60. The zero-order valence-electron chi connectivity index (χ0n) is 20.9. The summed E-state index contributed by atoms with van der Waals surface area (Å²) in [5.41, 5.74) is 3.57.